The summed E-state index contributed by atoms with van der Waals surface area (Å²) in [5.74, 6) is -2.86. The summed E-state index contributed by atoms with van der Waals surface area (Å²) in [7, 11) is 0. The predicted molar refractivity (Wildman–Crippen MR) is 108 cm³/mol. The van der Waals surface area contributed by atoms with Crippen LogP contribution in [-0.2, 0) is 25.6 Å². The monoisotopic (exact) mass is 428 g/mol. The summed E-state index contributed by atoms with van der Waals surface area (Å²) in [4.78, 5) is 54.2. The van der Waals surface area contributed by atoms with Crippen LogP contribution in [0, 0.1) is 5.92 Å². The smallest absolute Gasteiger partial charge is 0.326 e. The van der Waals surface area contributed by atoms with Gasteiger partial charge in [0.2, 0.25) is 17.7 Å². The number of hydrogen-bond donors (Lipinski definition) is 7. The number of nitrogens with one attached hydrogen (secondary N) is 4. The number of carbonyl (C=O) groups is 4. The molecule has 1 aromatic rings. The average Bonchev–Trinajstić information content (AvgIpc) is 3.15. The van der Waals surface area contributed by atoms with Gasteiger partial charge in [-0.15, -0.1) is 0 Å². The molecule has 0 bridgehead atoms. The van der Waals surface area contributed by atoms with Crippen LogP contribution in [0.4, 0.5) is 0 Å². The Morgan fingerprint density at radius 3 is 2.41 bits per heavy atom. The first-order chi connectivity index (χ1) is 13.6. The van der Waals surface area contributed by atoms with Crippen molar-refractivity contribution in [2.24, 2.45) is 11.7 Å². The molecule has 12 heteroatoms. The minimum atomic E-state index is -1.23. The van der Waals surface area contributed by atoms with E-state index in [4.69, 9.17) is 5.73 Å². The van der Waals surface area contributed by atoms with Gasteiger partial charge in [0.05, 0.1) is 18.9 Å². The Labute approximate surface area is 174 Å². The molecule has 0 aliphatic rings. The molecule has 7 N–H and O–H groups in total. The SMILES string of the molecule is CC(C)CC(N)C(=O)NCC(=O)NC(CS)C(=O)NC(Cc1cnc[nH]1)C(=O)O. The Kier molecular flexibility index (Phi) is 10.2. The second kappa shape index (κ2) is 12.1. The van der Waals surface area contributed by atoms with Gasteiger partial charge in [-0.25, -0.2) is 9.78 Å². The molecule has 11 nitrogen and oxygen atoms in total. The summed E-state index contributed by atoms with van der Waals surface area (Å²) in [6.07, 6.45) is 3.32. The van der Waals surface area contributed by atoms with Crippen LogP contribution in [0.2, 0.25) is 0 Å². The molecule has 0 fully saturated rings. The van der Waals surface area contributed by atoms with E-state index >= 15 is 0 Å². The zero-order chi connectivity index (χ0) is 22.0. The van der Waals surface area contributed by atoms with E-state index < -0.39 is 41.8 Å². The number of H-pyrrole nitrogens is 1. The molecule has 0 aliphatic heterocycles. The molecule has 0 saturated heterocycles. The Bertz CT molecular complexity index is 696. The fourth-order valence-electron chi connectivity index (χ4n) is 2.44. The van der Waals surface area contributed by atoms with Crippen LogP contribution in [0.15, 0.2) is 12.5 Å². The molecule has 162 valence electrons. The molecule has 0 aliphatic carbocycles. The largest absolute Gasteiger partial charge is 0.480 e. The molecule has 1 rings (SSSR count). The second-order valence-electron chi connectivity index (χ2n) is 6.94. The number of aliphatic carboxylic acids is 1. The highest BCUT2D eigenvalue weighted by Gasteiger charge is 2.26. The van der Waals surface area contributed by atoms with Crippen molar-refractivity contribution in [2.75, 3.05) is 12.3 Å². The zero-order valence-corrected chi connectivity index (χ0v) is 17.2. The first kappa shape index (κ1) is 24.4. The second-order valence-corrected chi connectivity index (χ2v) is 7.30. The van der Waals surface area contributed by atoms with Crippen molar-refractivity contribution in [3.8, 4) is 0 Å². The number of aromatic amines is 1. The highest BCUT2D eigenvalue weighted by atomic mass is 32.1. The highest BCUT2D eigenvalue weighted by Crippen LogP contribution is 2.02. The van der Waals surface area contributed by atoms with Gasteiger partial charge >= 0.3 is 5.97 Å². The van der Waals surface area contributed by atoms with Crippen molar-refractivity contribution in [1.82, 2.24) is 25.9 Å². The first-order valence-corrected chi connectivity index (χ1v) is 9.71. The van der Waals surface area contributed by atoms with Crippen molar-refractivity contribution in [3.05, 3.63) is 18.2 Å². The standard InChI is InChI=1S/C17H28N6O5S/c1-9(2)3-11(18)15(25)20-6-14(24)22-13(7-29)16(26)23-12(17(27)28)4-10-5-19-8-21-10/h5,8-9,11-13,29H,3-4,6-7,18H2,1-2H3,(H,19,21)(H,20,25)(H,22,24)(H,23,26)(H,27,28). The molecule has 0 aromatic carbocycles. The Balaban J connectivity index is 2.55. The van der Waals surface area contributed by atoms with Crippen LogP contribution in [0.5, 0.6) is 0 Å². The van der Waals surface area contributed by atoms with E-state index in [1.807, 2.05) is 13.8 Å². The van der Waals surface area contributed by atoms with Crippen LogP contribution in [0.25, 0.3) is 0 Å². The van der Waals surface area contributed by atoms with Gasteiger partial charge in [0.25, 0.3) is 0 Å². The van der Waals surface area contributed by atoms with Crippen molar-refractivity contribution in [3.63, 3.8) is 0 Å². The molecule has 0 saturated carbocycles. The molecule has 29 heavy (non-hydrogen) atoms. The van der Waals surface area contributed by atoms with Crippen LogP contribution in [0.3, 0.4) is 0 Å². The summed E-state index contributed by atoms with van der Waals surface area (Å²) in [6.45, 7) is 3.48. The Morgan fingerprint density at radius 1 is 1.21 bits per heavy atom. The third-order valence-corrected chi connectivity index (χ3v) is 4.28. The normalized spacial score (nSPS) is 14.0. The van der Waals surface area contributed by atoms with E-state index in [0.29, 0.717) is 12.1 Å². The number of imidazole rings is 1. The van der Waals surface area contributed by atoms with Crippen molar-refractivity contribution in [2.45, 2.75) is 44.8 Å². The minimum Gasteiger partial charge on any atom is -0.480 e. The van der Waals surface area contributed by atoms with E-state index in [-0.39, 0.29) is 24.6 Å². The molecular formula is C17H28N6O5S. The molecular weight excluding hydrogens is 400 g/mol. The molecule has 0 spiro atoms. The van der Waals surface area contributed by atoms with Crippen molar-refractivity contribution < 1.29 is 24.3 Å². The van der Waals surface area contributed by atoms with Gasteiger partial charge in [0.15, 0.2) is 0 Å². The van der Waals surface area contributed by atoms with Crippen LogP contribution < -0.4 is 21.7 Å². The maximum absolute atomic E-state index is 12.3. The Morgan fingerprint density at radius 2 is 1.90 bits per heavy atom. The number of hydrogen-bond acceptors (Lipinski definition) is 7. The van der Waals surface area contributed by atoms with Gasteiger partial charge in [-0.3, -0.25) is 14.4 Å². The summed E-state index contributed by atoms with van der Waals surface area (Å²) < 4.78 is 0. The quantitative estimate of drug-likeness (QED) is 0.196. The topological polar surface area (TPSA) is 179 Å². The van der Waals surface area contributed by atoms with Crippen LogP contribution in [0.1, 0.15) is 26.0 Å². The third kappa shape index (κ3) is 8.96. The van der Waals surface area contributed by atoms with E-state index in [9.17, 15) is 24.3 Å². The number of aromatic nitrogens is 2. The number of thiol groups is 1. The van der Waals surface area contributed by atoms with E-state index in [1.165, 1.54) is 12.5 Å². The minimum absolute atomic E-state index is 0.00188. The number of carbonyl (C=O) groups excluding carboxylic acids is 3. The number of carboxylic acid groups (broad SMARTS) is 1. The number of rotatable bonds is 12. The number of nitrogens with zero attached hydrogens (tertiary/aromatic N) is 1. The average molecular weight is 429 g/mol. The lowest BCUT2D eigenvalue weighted by Gasteiger charge is -2.20. The molecule has 3 atom stereocenters. The fourth-order valence-corrected chi connectivity index (χ4v) is 2.70. The van der Waals surface area contributed by atoms with Crippen molar-refractivity contribution in [1.29, 1.82) is 0 Å². The summed E-state index contributed by atoms with van der Waals surface area (Å²) in [5, 5.41) is 16.5. The highest BCUT2D eigenvalue weighted by molar-refractivity contribution is 7.80. The van der Waals surface area contributed by atoms with Crippen LogP contribution in [-0.4, -0.2) is 69.2 Å². The number of amides is 3. The van der Waals surface area contributed by atoms with Gasteiger partial charge in [0.1, 0.15) is 12.1 Å². The predicted octanol–water partition coefficient (Wildman–Crippen LogP) is -1.57. The lowest BCUT2D eigenvalue weighted by Crippen LogP contribution is -2.54. The maximum atomic E-state index is 12.3. The molecule has 1 heterocycles. The van der Waals surface area contributed by atoms with Crippen LogP contribution >= 0.6 is 12.6 Å². The van der Waals surface area contributed by atoms with E-state index in [1.54, 1.807) is 0 Å². The van der Waals surface area contributed by atoms with Gasteiger partial charge in [-0.1, -0.05) is 13.8 Å². The number of nitrogens with two attached hydrogens (primary N) is 1. The molecule has 3 amide bonds. The summed E-state index contributed by atoms with van der Waals surface area (Å²) in [6, 6.07) is -3.02. The third-order valence-electron chi connectivity index (χ3n) is 3.91. The molecule has 0 radical (unpaired) electrons. The zero-order valence-electron chi connectivity index (χ0n) is 16.3. The lowest BCUT2D eigenvalue weighted by molar-refractivity contribution is -0.142. The number of carboxylic acids is 1. The molecule has 3 unspecified atom stereocenters. The van der Waals surface area contributed by atoms with E-state index in [2.05, 4.69) is 38.5 Å². The maximum Gasteiger partial charge on any atom is 0.326 e. The summed E-state index contributed by atoms with van der Waals surface area (Å²) >= 11 is 4.03. The summed E-state index contributed by atoms with van der Waals surface area (Å²) in [5.41, 5.74) is 6.27. The van der Waals surface area contributed by atoms with Gasteiger partial charge in [0, 0.05) is 24.1 Å². The lowest BCUT2D eigenvalue weighted by atomic mass is 10.0. The van der Waals surface area contributed by atoms with Gasteiger partial charge in [-0.2, -0.15) is 12.6 Å². The fraction of sp³-hybridized carbons (Fsp3) is 0.588. The Hall–Kier alpha value is -2.60. The van der Waals surface area contributed by atoms with Crippen molar-refractivity contribution >= 4 is 36.3 Å². The van der Waals surface area contributed by atoms with Gasteiger partial charge in [-0.05, 0) is 12.3 Å². The van der Waals surface area contributed by atoms with Gasteiger partial charge < -0.3 is 31.8 Å². The first-order valence-electron chi connectivity index (χ1n) is 9.08. The van der Waals surface area contributed by atoms with E-state index in [0.717, 1.165) is 0 Å². The molecule has 1 aromatic heterocycles.